The van der Waals surface area contributed by atoms with E-state index in [0.29, 0.717) is 5.92 Å². The Bertz CT molecular complexity index is 1220. The Morgan fingerprint density at radius 3 is 2.21 bits per heavy atom. The summed E-state index contributed by atoms with van der Waals surface area (Å²) in [5, 5.41) is 0. The lowest BCUT2D eigenvalue weighted by molar-refractivity contribution is -0.210. The molecule has 5 aliphatic rings. The zero-order valence-electron chi connectivity index (χ0n) is 25.7. The lowest BCUT2D eigenvalue weighted by Gasteiger charge is -2.70. The maximum atomic E-state index is 14.5. The molecule has 0 aromatic heterocycles. The van der Waals surface area contributed by atoms with Crippen LogP contribution in [0.1, 0.15) is 113 Å². The summed E-state index contributed by atoms with van der Waals surface area (Å²) in [5.74, 6) is 0.471. The molecule has 0 bridgehead atoms. The predicted molar refractivity (Wildman–Crippen MR) is 153 cm³/mol. The lowest BCUT2D eigenvalue weighted by atomic mass is 9.33. The van der Waals surface area contributed by atoms with Gasteiger partial charge in [-0.15, -0.1) is 0 Å². The van der Waals surface area contributed by atoms with Crippen LogP contribution < -0.4 is 4.72 Å². The standard InChI is InChI=1S/C32H51NO5S/c1-20(34)38-25-11-12-30(6)24(27(25,2)3)10-13-32(8)26(30)23(35)18-21-22-19-29(5,33-39(9,36)37)16-14-28(22,4)15-17-31(21,32)7/h18,22,24-26,33H,10-17,19H2,1-9H3. The number of rotatable bonds is 3. The van der Waals surface area contributed by atoms with Gasteiger partial charge in [-0.3, -0.25) is 9.59 Å². The topological polar surface area (TPSA) is 89.5 Å². The number of esters is 1. The summed E-state index contributed by atoms with van der Waals surface area (Å²) in [4.78, 5) is 26.4. The average molecular weight is 562 g/mol. The lowest BCUT2D eigenvalue weighted by Crippen LogP contribution is -2.67. The summed E-state index contributed by atoms with van der Waals surface area (Å²) < 4.78 is 33.4. The van der Waals surface area contributed by atoms with Crippen LogP contribution in [0.15, 0.2) is 11.6 Å². The van der Waals surface area contributed by atoms with Crippen molar-refractivity contribution in [2.75, 3.05) is 6.26 Å². The normalized spacial score (nSPS) is 49.1. The first kappa shape index (κ1) is 29.3. The minimum absolute atomic E-state index is 0.0662. The second-order valence-corrected chi connectivity index (χ2v) is 17.8. The third-order valence-electron chi connectivity index (χ3n) is 13.3. The first-order valence-electron chi connectivity index (χ1n) is 15.1. The number of ether oxygens (including phenoxy) is 1. The maximum absolute atomic E-state index is 14.5. The van der Waals surface area contributed by atoms with Gasteiger partial charge in [-0.1, -0.05) is 47.1 Å². The number of hydrogen-bond donors (Lipinski definition) is 1. The molecule has 9 atom stereocenters. The van der Waals surface area contributed by atoms with Crippen molar-refractivity contribution < 1.29 is 22.7 Å². The van der Waals surface area contributed by atoms with E-state index in [1.54, 1.807) is 0 Å². The highest BCUT2D eigenvalue weighted by Gasteiger charge is 2.70. The zero-order valence-corrected chi connectivity index (χ0v) is 26.5. The Balaban J connectivity index is 1.56. The molecule has 0 aromatic rings. The molecule has 0 spiro atoms. The van der Waals surface area contributed by atoms with Crippen LogP contribution in [0.2, 0.25) is 0 Å². The van der Waals surface area contributed by atoms with E-state index in [2.05, 4.69) is 46.3 Å². The molecule has 5 aliphatic carbocycles. The van der Waals surface area contributed by atoms with Gasteiger partial charge in [0, 0.05) is 23.8 Å². The summed E-state index contributed by atoms with van der Waals surface area (Å²) in [5.41, 5.74) is 0.246. The predicted octanol–water partition coefficient (Wildman–Crippen LogP) is 6.20. The molecule has 0 heterocycles. The third-order valence-corrected chi connectivity index (χ3v) is 14.1. The molecule has 9 unspecified atom stereocenters. The number of fused-ring (bicyclic) bond motifs is 7. The molecule has 0 aliphatic heterocycles. The van der Waals surface area contributed by atoms with E-state index in [1.165, 1.54) is 18.8 Å². The van der Waals surface area contributed by atoms with Crippen LogP contribution in [0.5, 0.6) is 0 Å². The third kappa shape index (κ3) is 4.21. The first-order valence-corrected chi connectivity index (χ1v) is 17.0. The summed E-state index contributed by atoms with van der Waals surface area (Å²) in [6.45, 7) is 17.6. The molecule has 0 saturated heterocycles. The maximum Gasteiger partial charge on any atom is 0.302 e. The molecule has 7 heteroatoms. The molecule has 4 fully saturated rings. The van der Waals surface area contributed by atoms with Crippen LogP contribution in [0.25, 0.3) is 0 Å². The largest absolute Gasteiger partial charge is 0.462 e. The minimum Gasteiger partial charge on any atom is -0.462 e. The van der Waals surface area contributed by atoms with Crippen molar-refractivity contribution in [3.8, 4) is 0 Å². The molecular formula is C32H51NO5S. The monoisotopic (exact) mass is 561 g/mol. The first-order chi connectivity index (χ1) is 17.7. The quantitative estimate of drug-likeness (QED) is 0.415. The number of carbonyl (C=O) groups is 2. The fourth-order valence-corrected chi connectivity index (χ4v) is 12.2. The van der Waals surface area contributed by atoms with Gasteiger partial charge in [0.15, 0.2) is 5.78 Å². The SMILES string of the molecule is CC(=O)OC1CCC2(C)C(CCC3(C)C2C(=O)C=C2C4CC(C)(NS(C)(=O)=O)CCC4(C)CCC23C)C1(C)C. The summed E-state index contributed by atoms with van der Waals surface area (Å²) in [6.07, 6.45) is 11.6. The van der Waals surface area contributed by atoms with Gasteiger partial charge in [-0.25, -0.2) is 13.1 Å². The van der Waals surface area contributed by atoms with Gasteiger partial charge >= 0.3 is 5.97 Å². The Morgan fingerprint density at radius 1 is 0.949 bits per heavy atom. The number of sulfonamides is 1. The average Bonchev–Trinajstić information content (AvgIpc) is 2.77. The summed E-state index contributed by atoms with van der Waals surface area (Å²) in [7, 11) is -3.34. The summed E-state index contributed by atoms with van der Waals surface area (Å²) >= 11 is 0. The van der Waals surface area contributed by atoms with Crippen LogP contribution in [0, 0.1) is 44.8 Å². The van der Waals surface area contributed by atoms with Crippen LogP contribution in [-0.4, -0.2) is 38.1 Å². The van der Waals surface area contributed by atoms with Gasteiger partial charge < -0.3 is 4.74 Å². The van der Waals surface area contributed by atoms with Crippen LogP contribution in [-0.2, 0) is 24.3 Å². The van der Waals surface area contributed by atoms with Gasteiger partial charge in [0.25, 0.3) is 0 Å². The van der Waals surface area contributed by atoms with Crippen molar-refractivity contribution in [3.63, 3.8) is 0 Å². The molecule has 39 heavy (non-hydrogen) atoms. The van der Waals surface area contributed by atoms with Crippen molar-refractivity contribution in [1.29, 1.82) is 0 Å². The van der Waals surface area contributed by atoms with Crippen molar-refractivity contribution in [3.05, 3.63) is 11.6 Å². The highest BCUT2D eigenvalue weighted by molar-refractivity contribution is 7.88. The Labute approximate surface area is 236 Å². The minimum atomic E-state index is -3.34. The number of nitrogens with one attached hydrogen (secondary N) is 1. The Morgan fingerprint density at radius 2 is 1.59 bits per heavy atom. The van der Waals surface area contributed by atoms with E-state index in [9.17, 15) is 18.0 Å². The second-order valence-electron chi connectivity index (χ2n) is 16.1. The number of ketones is 1. The summed E-state index contributed by atoms with van der Waals surface area (Å²) in [6, 6.07) is 0. The fraction of sp³-hybridized carbons (Fsp3) is 0.875. The highest BCUT2D eigenvalue weighted by atomic mass is 32.2. The molecule has 0 aromatic carbocycles. The van der Waals surface area contributed by atoms with E-state index in [-0.39, 0.29) is 56.8 Å². The van der Waals surface area contributed by atoms with Gasteiger partial charge in [0.1, 0.15) is 6.10 Å². The smallest absolute Gasteiger partial charge is 0.302 e. The molecule has 4 saturated carbocycles. The molecule has 1 N–H and O–H groups in total. The molecule has 6 nitrogen and oxygen atoms in total. The van der Waals surface area contributed by atoms with Crippen molar-refractivity contribution in [2.24, 2.45) is 44.8 Å². The van der Waals surface area contributed by atoms with Crippen molar-refractivity contribution in [1.82, 2.24) is 4.72 Å². The molecular weight excluding hydrogens is 510 g/mol. The van der Waals surface area contributed by atoms with E-state index in [4.69, 9.17) is 4.74 Å². The molecule has 0 radical (unpaired) electrons. The van der Waals surface area contributed by atoms with Crippen LogP contribution in [0.4, 0.5) is 0 Å². The molecule has 0 amide bonds. The van der Waals surface area contributed by atoms with Gasteiger partial charge in [-0.2, -0.15) is 0 Å². The second kappa shape index (κ2) is 8.65. The van der Waals surface area contributed by atoms with E-state index < -0.39 is 15.6 Å². The van der Waals surface area contributed by atoms with Crippen molar-refractivity contribution in [2.45, 2.75) is 125 Å². The van der Waals surface area contributed by atoms with E-state index in [1.807, 2.05) is 13.0 Å². The van der Waals surface area contributed by atoms with Gasteiger partial charge in [0.2, 0.25) is 10.0 Å². The molecule has 220 valence electrons. The van der Waals surface area contributed by atoms with E-state index >= 15 is 0 Å². The Hall–Kier alpha value is -1.21. The van der Waals surface area contributed by atoms with Gasteiger partial charge in [0.05, 0.1) is 6.26 Å². The zero-order chi connectivity index (χ0) is 29.0. The molecule has 5 rings (SSSR count). The van der Waals surface area contributed by atoms with Crippen LogP contribution >= 0.6 is 0 Å². The van der Waals surface area contributed by atoms with Crippen molar-refractivity contribution >= 4 is 21.8 Å². The number of allylic oxidation sites excluding steroid dienone is 2. The number of carbonyl (C=O) groups excluding carboxylic acids is 2. The fourth-order valence-electron chi connectivity index (χ4n) is 11.1. The Kier molecular flexibility index (Phi) is 6.50. The number of hydrogen-bond acceptors (Lipinski definition) is 5. The van der Waals surface area contributed by atoms with E-state index in [0.717, 1.165) is 57.8 Å². The van der Waals surface area contributed by atoms with Crippen LogP contribution in [0.3, 0.4) is 0 Å². The highest BCUT2D eigenvalue weighted by Crippen LogP contribution is 2.74. The van der Waals surface area contributed by atoms with Gasteiger partial charge in [-0.05, 0) is 104 Å².